The van der Waals surface area contributed by atoms with Gasteiger partial charge in [0.1, 0.15) is 16.9 Å². The molecule has 3 radical (unpaired) electrons. The van der Waals surface area contributed by atoms with Gasteiger partial charge in [0.25, 0.3) is 0 Å². The summed E-state index contributed by atoms with van der Waals surface area (Å²) in [5.74, 6) is 0.228. The molecule has 3 saturated heterocycles. The number of halogens is 2. The molecule has 3 aliphatic heterocycles. The van der Waals surface area contributed by atoms with E-state index in [0.717, 1.165) is 49.1 Å². The number of carbonyl (C=O) groups is 2. The maximum absolute atomic E-state index is 12.4. The summed E-state index contributed by atoms with van der Waals surface area (Å²) in [6.45, 7) is 5.41. The van der Waals surface area contributed by atoms with Crippen LogP contribution in [0, 0.1) is 0 Å². The van der Waals surface area contributed by atoms with Crippen LogP contribution in [-0.4, -0.2) is 93.0 Å². The lowest BCUT2D eigenvalue weighted by Crippen LogP contribution is -2.29. The van der Waals surface area contributed by atoms with Crippen molar-refractivity contribution in [3.05, 3.63) is 56.5 Å². The zero-order valence-corrected chi connectivity index (χ0v) is 20.8. The largest absolute Gasteiger partial charge is 0.505 e. The summed E-state index contributed by atoms with van der Waals surface area (Å²) in [4.78, 5) is 34.6. The van der Waals surface area contributed by atoms with Crippen molar-refractivity contribution in [3.8, 4) is 5.75 Å². The minimum atomic E-state index is 0. The number of aromatic hydroxyl groups is 1. The van der Waals surface area contributed by atoms with Gasteiger partial charge in [-0.1, -0.05) is 22.0 Å². The van der Waals surface area contributed by atoms with Gasteiger partial charge in [-0.3, -0.25) is 14.6 Å². The van der Waals surface area contributed by atoms with Gasteiger partial charge in [-0.25, -0.2) is 0 Å². The number of hydrogen-bond acceptors (Lipinski definition) is 7. The summed E-state index contributed by atoms with van der Waals surface area (Å²) in [5.41, 5.74) is 2.49. The van der Waals surface area contributed by atoms with Gasteiger partial charge in [-0.15, -0.1) is 0 Å². The second-order valence-electron chi connectivity index (χ2n) is 7.47. The molecule has 31 heavy (non-hydrogen) atoms. The Morgan fingerprint density at radius 1 is 0.903 bits per heavy atom. The molecule has 0 saturated carbocycles. The maximum atomic E-state index is 12.4. The van der Waals surface area contributed by atoms with Crippen molar-refractivity contribution in [1.82, 2.24) is 19.7 Å². The molecule has 4 heterocycles. The van der Waals surface area contributed by atoms with Crippen LogP contribution in [0.4, 0.5) is 0 Å². The third kappa shape index (κ3) is 4.40. The molecular formula is C21H18AlBr2N4O3. The fourth-order valence-electron chi connectivity index (χ4n) is 3.43. The van der Waals surface area contributed by atoms with Crippen LogP contribution in [0.25, 0.3) is 10.9 Å². The molecule has 0 spiro atoms. The van der Waals surface area contributed by atoms with Gasteiger partial charge in [0.2, 0.25) is 11.6 Å². The third-order valence-corrected chi connectivity index (χ3v) is 6.52. The molecule has 7 nitrogen and oxygen atoms in total. The zero-order valence-electron chi connectivity index (χ0n) is 16.5. The molecule has 4 aliphatic rings. The summed E-state index contributed by atoms with van der Waals surface area (Å²) < 4.78 is 1.56. The molecule has 0 atom stereocenters. The van der Waals surface area contributed by atoms with Crippen LogP contribution in [0.15, 0.2) is 56.5 Å². The van der Waals surface area contributed by atoms with E-state index >= 15 is 0 Å². The molecule has 157 valence electrons. The smallest absolute Gasteiger partial charge is 0.227 e. The van der Waals surface area contributed by atoms with E-state index in [1.54, 1.807) is 12.3 Å². The van der Waals surface area contributed by atoms with Crippen molar-refractivity contribution in [2.75, 3.05) is 39.3 Å². The SMILES string of the molecule is O=C1C=C(N2CC2)C(=O)C(N2CC2)=C1N1CC1.Oc1c(Br)cc(Br)c2cccnc12.[Al]. The Morgan fingerprint density at radius 3 is 2.13 bits per heavy atom. The molecule has 1 aromatic heterocycles. The van der Waals surface area contributed by atoms with Crippen LogP contribution in [-0.2, 0) is 9.59 Å². The Balaban J connectivity index is 0.000000150. The minimum Gasteiger partial charge on any atom is -0.505 e. The first-order valence-corrected chi connectivity index (χ1v) is 11.3. The minimum absolute atomic E-state index is 0. The van der Waals surface area contributed by atoms with Gasteiger partial charge in [0, 0.05) is 78.8 Å². The molecule has 0 amide bonds. The van der Waals surface area contributed by atoms with Gasteiger partial charge in [0.15, 0.2) is 5.75 Å². The number of carbonyl (C=O) groups excluding carboxylic acids is 2. The Bertz CT molecular complexity index is 1150. The summed E-state index contributed by atoms with van der Waals surface area (Å²) >= 11 is 6.65. The van der Waals surface area contributed by atoms with Crippen molar-refractivity contribution in [2.24, 2.45) is 0 Å². The van der Waals surface area contributed by atoms with Gasteiger partial charge < -0.3 is 19.8 Å². The average molecular weight is 561 g/mol. The highest BCUT2D eigenvalue weighted by Gasteiger charge is 2.43. The van der Waals surface area contributed by atoms with Crippen molar-refractivity contribution < 1.29 is 14.7 Å². The Morgan fingerprint density at radius 2 is 1.52 bits per heavy atom. The standard InChI is InChI=1S/C12H13N3O2.C9H5Br2NO.Al/c16-9-7-8(13-1-2-13)12(17)11(15-5-6-15)10(9)14-3-4-14;10-6-4-7(11)9(13)8-5(6)2-1-3-12-8;/h7H,1-6H2;1-4,13H;. The van der Waals surface area contributed by atoms with Crippen molar-refractivity contribution >= 4 is 71.7 Å². The van der Waals surface area contributed by atoms with Gasteiger partial charge >= 0.3 is 0 Å². The number of aromatic nitrogens is 1. The highest BCUT2D eigenvalue weighted by molar-refractivity contribution is 9.11. The first-order chi connectivity index (χ1) is 14.5. The highest BCUT2D eigenvalue weighted by Crippen LogP contribution is 2.36. The third-order valence-electron chi connectivity index (χ3n) is 5.26. The number of phenolic OH excluding ortho intramolecular Hbond substituents is 1. The van der Waals surface area contributed by atoms with E-state index in [1.165, 1.54) is 6.08 Å². The fourth-order valence-corrected chi connectivity index (χ4v) is 4.71. The number of hydrogen-bond donors (Lipinski definition) is 1. The lowest BCUT2D eigenvalue weighted by Gasteiger charge is -2.21. The van der Waals surface area contributed by atoms with E-state index < -0.39 is 0 Å². The summed E-state index contributed by atoms with van der Waals surface area (Å²) in [6, 6.07) is 5.54. The second kappa shape index (κ2) is 8.59. The van der Waals surface area contributed by atoms with E-state index in [2.05, 4.69) is 36.8 Å². The summed E-state index contributed by atoms with van der Waals surface area (Å²) in [6.07, 6.45) is 3.18. The number of benzene rings is 1. The highest BCUT2D eigenvalue weighted by atomic mass is 79.9. The predicted molar refractivity (Wildman–Crippen MR) is 124 cm³/mol. The van der Waals surface area contributed by atoms with E-state index in [9.17, 15) is 14.7 Å². The molecule has 1 N–H and O–H groups in total. The number of phenols is 1. The lowest BCUT2D eigenvalue weighted by molar-refractivity contribution is -0.117. The van der Waals surface area contributed by atoms with Gasteiger partial charge in [-0.2, -0.15) is 0 Å². The Labute approximate surface area is 206 Å². The van der Waals surface area contributed by atoms with Crippen LogP contribution >= 0.6 is 31.9 Å². The van der Waals surface area contributed by atoms with Crippen LogP contribution in [0.1, 0.15) is 0 Å². The van der Waals surface area contributed by atoms with Gasteiger partial charge in [0.05, 0.1) is 10.2 Å². The number of ketones is 2. The maximum Gasteiger partial charge on any atom is 0.227 e. The number of fused-ring (bicyclic) bond motifs is 1. The summed E-state index contributed by atoms with van der Waals surface area (Å²) in [5, 5.41) is 10.6. The molecule has 2 aromatic rings. The molecule has 1 aromatic carbocycles. The van der Waals surface area contributed by atoms with Crippen molar-refractivity contribution in [1.29, 1.82) is 0 Å². The van der Waals surface area contributed by atoms with Crippen molar-refractivity contribution in [3.63, 3.8) is 0 Å². The monoisotopic (exact) mass is 559 g/mol. The summed E-state index contributed by atoms with van der Waals surface area (Å²) in [7, 11) is 0. The number of nitrogens with zero attached hydrogens (tertiary/aromatic N) is 4. The molecular weight excluding hydrogens is 543 g/mol. The predicted octanol–water partition coefficient (Wildman–Crippen LogP) is 2.27. The lowest BCUT2D eigenvalue weighted by atomic mass is 10.0. The van der Waals surface area contributed by atoms with Gasteiger partial charge in [-0.05, 0) is 28.1 Å². The Kier molecular flexibility index (Phi) is 6.19. The van der Waals surface area contributed by atoms with E-state index in [-0.39, 0.29) is 34.7 Å². The number of allylic oxidation sites excluding steroid dienone is 1. The molecule has 6 rings (SSSR count). The van der Waals surface area contributed by atoms with Crippen LogP contribution in [0.3, 0.4) is 0 Å². The molecule has 10 heteroatoms. The average Bonchev–Trinajstić information content (AvgIpc) is 3.55. The number of pyridine rings is 1. The van der Waals surface area contributed by atoms with Crippen LogP contribution < -0.4 is 0 Å². The second-order valence-corrected chi connectivity index (χ2v) is 9.18. The van der Waals surface area contributed by atoms with Crippen LogP contribution in [0.5, 0.6) is 5.75 Å². The van der Waals surface area contributed by atoms with E-state index in [1.807, 2.05) is 26.8 Å². The van der Waals surface area contributed by atoms with E-state index in [4.69, 9.17) is 0 Å². The van der Waals surface area contributed by atoms with Crippen LogP contribution in [0.2, 0.25) is 0 Å². The number of Topliss-reactive ketones (excluding diaryl/α,β-unsaturated/α-hetero) is 1. The van der Waals surface area contributed by atoms with Crippen molar-refractivity contribution in [2.45, 2.75) is 0 Å². The first kappa shape index (κ1) is 22.3. The molecule has 0 bridgehead atoms. The topological polar surface area (TPSA) is 76.3 Å². The molecule has 0 unspecified atom stereocenters. The van der Waals surface area contributed by atoms with E-state index in [0.29, 0.717) is 27.1 Å². The molecule has 3 fully saturated rings. The quantitative estimate of drug-likeness (QED) is 0.350. The normalized spacial score (nSPS) is 19.0. The Hall–Kier alpha value is -1.86. The zero-order chi connectivity index (χ0) is 21.0. The fraction of sp³-hybridized carbons (Fsp3) is 0.286. The number of rotatable bonds is 3. The first-order valence-electron chi connectivity index (χ1n) is 9.67. The molecule has 1 aliphatic carbocycles.